The molecule has 0 bridgehead atoms. The molecule has 4 aromatic carbocycles. The first-order valence-electron chi connectivity index (χ1n) is 19.3. The molecule has 4 aromatic heterocycles. The van der Waals surface area contributed by atoms with E-state index in [1.807, 2.05) is 38.2 Å². The molecule has 8 aromatic rings. The minimum atomic E-state index is -0.923. The van der Waals surface area contributed by atoms with E-state index in [4.69, 9.17) is 4.74 Å². The fraction of sp³-hybridized carbons (Fsp3) is 0.184. The van der Waals surface area contributed by atoms with Gasteiger partial charge in [0.15, 0.2) is 0 Å². The van der Waals surface area contributed by atoms with Crippen molar-refractivity contribution in [2.45, 2.75) is 52.6 Å². The number of carbonyl (C=O) groups is 2. The summed E-state index contributed by atoms with van der Waals surface area (Å²) in [5.74, 6) is -1.26. The van der Waals surface area contributed by atoms with Crippen LogP contribution in [0.5, 0.6) is 0 Å². The molecule has 0 spiro atoms. The summed E-state index contributed by atoms with van der Waals surface area (Å²) < 4.78 is 9.44. The molecular formula is C49H46N4O4. The van der Waals surface area contributed by atoms with Crippen molar-refractivity contribution in [3.05, 3.63) is 202 Å². The number of pyridine rings is 2. The van der Waals surface area contributed by atoms with Gasteiger partial charge >= 0.3 is 11.9 Å². The molecule has 0 aliphatic heterocycles. The highest BCUT2D eigenvalue weighted by atomic mass is 16.5. The molecule has 0 saturated carbocycles. The second-order valence-electron chi connectivity index (χ2n) is 14.2. The van der Waals surface area contributed by atoms with Crippen LogP contribution < -0.4 is 0 Å². The van der Waals surface area contributed by atoms with Crippen LogP contribution in [0.25, 0.3) is 21.8 Å². The molecule has 0 saturated heterocycles. The largest absolute Gasteiger partial charge is 0.478 e. The van der Waals surface area contributed by atoms with Gasteiger partial charge in [-0.1, -0.05) is 86.6 Å². The van der Waals surface area contributed by atoms with Crippen molar-refractivity contribution in [2.24, 2.45) is 0 Å². The number of nitrogens with zero attached hydrogens (tertiary/aromatic N) is 4. The number of carbonyl (C=O) groups excluding carboxylic acids is 1. The number of aromatic carboxylic acids is 1. The molecule has 8 nitrogen and oxygen atoms in total. The summed E-state index contributed by atoms with van der Waals surface area (Å²) in [4.78, 5) is 32.8. The summed E-state index contributed by atoms with van der Waals surface area (Å²) >= 11 is 0. The summed E-state index contributed by atoms with van der Waals surface area (Å²) in [7, 11) is 1.41. The predicted octanol–water partition coefficient (Wildman–Crippen LogP) is 9.96. The molecule has 8 heteroatoms. The van der Waals surface area contributed by atoms with Crippen molar-refractivity contribution in [3.63, 3.8) is 0 Å². The van der Waals surface area contributed by atoms with Crippen molar-refractivity contribution in [1.29, 1.82) is 0 Å². The highest BCUT2D eigenvalue weighted by Crippen LogP contribution is 2.24. The van der Waals surface area contributed by atoms with Gasteiger partial charge in [0.1, 0.15) is 0 Å². The fourth-order valence-electron chi connectivity index (χ4n) is 7.15. The first kappa shape index (κ1) is 38.5. The Bertz CT molecular complexity index is 2640. The minimum absolute atomic E-state index is 0.293. The number of carboxylic acid groups (broad SMARTS) is 1. The van der Waals surface area contributed by atoms with Gasteiger partial charge in [0.25, 0.3) is 0 Å². The lowest BCUT2D eigenvalue weighted by molar-refractivity contribution is 0.0598. The number of ether oxygens (including phenoxy) is 1. The van der Waals surface area contributed by atoms with E-state index in [0.29, 0.717) is 29.7 Å². The minimum Gasteiger partial charge on any atom is -0.478 e. The van der Waals surface area contributed by atoms with Crippen molar-refractivity contribution in [2.75, 3.05) is 7.11 Å². The molecule has 286 valence electrons. The molecule has 0 fully saturated rings. The van der Waals surface area contributed by atoms with Gasteiger partial charge in [-0.2, -0.15) is 0 Å². The zero-order chi connectivity index (χ0) is 39.7. The average molecular weight is 755 g/mol. The van der Waals surface area contributed by atoms with E-state index >= 15 is 0 Å². The van der Waals surface area contributed by atoms with E-state index in [1.54, 1.807) is 12.3 Å². The maximum Gasteiger partial charge on any atom is 0.339 e. The van der Waals surface area contributed by atoms with Gasteiger partial charge in [-0.25, -0.2) is 9.59 Å². The van der Waals surface area contributed by atoms with Crippen LogP contribution in [0.2, 0.25) is 0 Å². The number of methoxy groups -OCH3 is 1. The maximum atomic E-state index is 12.2. The molecule has 0 amide bonds. The number of hydrogen-bond acceptors (Lipinski definition) is 5. The zero-order valence-electron chi connectivity index (χ0n) is 32.6. The number of fused-ring (bicyclic) bond motifs is 2. The van der Waals surface area contributed by atoms with Crippen LogP contribution in [0, 0.1) is 0 Å². The van der Waals surface area contributed by atoms with Crippen LogP contribution in [0.4, 0.5) is 0 Å². The number of rotatable bonds is 12. The Morgan fingerprint density at radius 2 is 1.02 bits per heavy atom. The number of benzene rings is 4. The Balaban J connectivity index is 0.000000174. The fourth-order valence-corrected chi connectivity index (χ4v) is 7.15. The number of hydrogen-bond donors (Lipinski definition) is 1. The Morgan fingerprint density at radius 3 is 1.46 bits per heavy atom. The van der Waals surface area contributed by atoms with Crippen molar-refractivity contribution in [1.82, 2.24) is 19.1 Å². The second-order valence-corrected chi connectivity index (χ2v) is 14.2. The molecule has 0 aliphatic carbocycles. The average Bonchev–Trinajstić information content (AvgIpc) is 3.84. The van der Waals surface area contributed by atoms with E-state index in [2.05, 4.69) is 129 Å². The molecule has 4 heterocycles. The van der Waals surface area contributed by atoms with Crippen LogP contribution in [0.15, 0.2) is 146 Å². The van der Waals surface area contributed by atoms with Gasteiger partial charge in [-0.15, -0.1) is 0 Å². The van der Waals surface area contributed by atoms with Crippen LogP contribution in [-0.2, 0) is 43.5 Å². The lowest BCUT2D eigenvalue weighted by atomic mass is 10.0. The highest BCUT2D eigenvalue weighted by Gasteiger charge is 2.16. The van der Waals surface area contributed by atoms with Crippen molar-refractivity contribution >= 4 is 33.7 Å². The first-order valence-corrected chi connectivity index (χ1v) is 19.3. The standard InChI is InChI=1S/C25H24N2O2.C24H22N2O2/c1-3-18-14-22(25(28)29-2)23(26-16-18)15-20-9-10-24-21(13-20)11-12-27(24)17-19-7-5-4-6-8-19;1-2-17-13-21(24(27)28)22(25-15-17)14-19-8-9-23-20(12-19)10-11-26(23)16-18-6-4-3-5-7-18/h4-14,16H,3,15,17H2,1-2H3;3-13,15H,2,14,16H2,1H3,(H,27,28). The summed E-state index contributed by atoms with van der Waals surface area (Å²) in [6.07, 6.45) is 10.5. The molecule has 0 radical (unpaired) electrons. The van der Waals surface area contributed by atoms with Crippen LogP contribution in [0.3, 0.4) is 0 Å². The molecular weight excluding hydrogens is 709 g/mol. The first-order chi connectivity index (χ1) is 27.8. The summed E-state index contributed by atoms with van der Waals surface area (Å²) in [6.45, 7) is 5.71. The van der Waals surface area contributed by atoms with Gasteiger partial charge in [0, 0.05) is 61.8 Å². The molecule has 0 aliphatic rings. The quantitative estimate of drug-likeness (QED) is 0.125. The third-order valence-electron chi connectivity index (χ3n) is 10.3. The SMILES string of the molecule is CCc1cnc(Cc2ccc3c(ccn3Cc3ccccc3)c2)c(C(=O)O)c1.CCc1cnc(Cc2ccc3c(ccn3Cc3ccccc3)c2)c(C(=O)OC)c1. The Hall–Kier alpha value is -6.80. The van der Waals surface area contributed by atoms with E-state index in [9.17, 15) is 14.7 Å². The number of esters is 1. The van der Waals surface area contributed by atoms with E-state index in [-0.39, 0.29) is 5.97 Å². The van der Waals surface area contributed by atoms with Crippen LogP contribution >= 0.6 is 0 Å². The third kappa shape index (κ3) is 9.19. The molecule has 0 atom stereocenters. The Kier molecular flexibility index (Phi) is 12.0. The van der Waals surface area contributed by atoms with Crippen molar-refractivity contribution in [3.8, 4) is 0 Å². The molecule has 57 heavy (non-hydrogen) atoms. The topological polar surface area (TPSA) is 99.2 Å². The number of aromatic nitrogens is 4. The third-order valence-corrected chi connectivity index (χ3v) is 10.3. The zero-order valence-corrected chi connectivity index (χ0v) is 32.6. The van der Waals surface area contributed by atoms with Crippen LogP contribution in [0.1, 0.15) is 79.3 Å². The number of aryl methyl sites for hydroxylation is 2. The summed E-state index contributed by atoms with van der Waals surface area (Å²) in [6, 6.07) is 41.4. The Labute approximate surface area is 333 Å². The molecule has 8 rings (SSSR count). The van der Waals surface area contributed by atoms with Gasteiger partial charge in [-0.05, 0) is 106 Å². The van der Waals surface area contributed by atoms with E-state index in [0.717, 1.165) is 59.3 Å². The van der Waals surface area contributed by atoms with Gasteiger partial charge in [0.2, 0.25) is 0 Å². The molecule has 1 N–H and O–H groups in total. The lowest BCUT2D eigenvalue weighted by Crippen LogP contribution is -2.09. The lowest BCUT2D eigenvalue weighted by Gasteiger charge is -2.10. The highest BCUT2D eigenvalue weighted by molar-refractivity contribution is 5.91. The normalized spacial score (nSPS) is 11.0. The maximum absolute atomic E-state index is 12.2. The van der Waals surface area contributed by atoms with Gasteiger partial charge in [-0.3, -0.25) is 9.97 Å². The van der Waals surface area contributed by atoms with Gasteiger partial charge in [0.05, 0.1) is 29.6 Å². The van der Waals surface area contributed by atoms with Crippen LogP contribution in [-0.4, -0.2) is 43.3 Å². The van der Waals surface area contributed by atoms with E-state index < -0.39 is 5.97 Å². The monoisotopic (exact) mass is 754 g/mol. The molecule has 0 unspecified atom stereocenters. The smallest absolute Gasteiger partial charge is 0.339 e. The summed E-state index contributed by atoms with van der Waals surface area (Å²) in [5, 5.41) is 11.9. The summed E-state index contributed by atoms with van der Waals surface area (Å²) in [5.41, 5.74) is 11.2. The van der Waals surface area contributed by atoms with Gasteiger partial charge < -0.3 is 19.0 Å². The van der Waals surface area contributed by atoms with Crippen molar-refractivity contribution < 1.29 is 19.4 Å². The second kappa shape index (κ2) is 17.8. The predicted molar refractivity (Wildman–Crippen MR) is 226 cm³/mol. The van der Waals surface area contributed by atoms with E-state index in [1.165, 1.54) is 34.7 Å². The Morgan fingerprint density at radius 1 is 0.561 bits per heavy atom. The number of carboxylic acids is 1.